The number of aromatic nitrogens is 2. The molecule has 0 amide bonds. The Morgan fingerprint density at radius 1 is 0.492 bits per heavy atom. The van der Waals surface area contributed by atoms with Crippen molar-refractivity contribution in [3.63, 3.8) is 0 Å². The van der Waals surface area contributed by atoms with E-state index in [0.29, 0.717) is 35.7 Å². The normalized spacial score (nSPS) is 9.30. The average Bonchev–Trinajstić information content (AvgIpc) is 3.18. The number of ether oxygens (including phenoxy) is 2. The first-order chi connectivity index (χ1) is 28.5. The molecule has 4 aromatic carbocycles. The van der Waals surface area contributed by atoms with E-state index in [0.717, 1.165) is 33.2 Å². The maximum Gasteiger partial charge on any atom is 3.00 e. The Hall–Kier alpha value is -5.83. The van der Waals surface area contributed by atoms with Gasteiger partial charge in [0.15, 0.2) is 0 Å². The van der Waals surface area contributed by atoms with Crippen LogP contribution in [0.15, 0.2) is 119 Å². The fourth-order valence-electron chi connectivity index (χ4n) is 4.48. The minimum absolute atomic E-state index is 0. The molecule has 27 heteroatoms. The third-order valence-electron chi connectivity index (χ3n) is 6.77. The van der Waals surface area contributed by atoms with Crippen molar-refractivity contribution in [1.29, 1.82) is 0 Å². The van der Waals surface area contributed by atoms with E-state index in [1.54, 1.807) is 48.8 Å². The molecule has 0 aliphatic carbocycles. The van der Waals surface area contributed by atoms with Crippen LogP contribution in [-0.4, -0.2) is 57.0 Å². The zero-order valence-electron chi connectivity index (χ0n) is 32.4. The average molecular weight is 1150 g/mol. The Morgan fingerprint density at radius 2 is 0.794 bits per heavy atom. The maximum absolute atomic E-state index is 12.0. The van der Waals surface area contributed by atoms with Gasteiger partial charge in [0.2, 0.25) is 0 Å². The Bertz CT molecular complexity index is 2190. The molecule has 0 radical (unpaired) electrons. The minimum Gasteiger partial charge on any atom is -0.870 e. The Morgan fingerprint density at radius 3 is 1.10 bits per heavy atom. The van der Waals surface area contributed by atoms with E-state index < -0.39 is 20.3 Å². The van der Waals surface area contributed by atoms with Crippen LogP contribution in [0.5, 0.6) is 23.0 Å². The number of aliphatic imine (C=N–C) groups is 2. The first kappa shape index (κ1) is 61.5. The predicted molar refractivity (Wildman–Crippen MR) is 217 cm³/mol. The summed E-state index contributed by atoms with van der Waals surface area (Å²) >= 11 is 0. The van der Waals surface area contributed by atoms with Gasteiger partial charge in [-0.3, -0.25) is 9.98 Å². The molecular weight excluding hydrogens is 1120 g/mol. The third-order valence-corrected chi connectivity index (χ3v) is 6.77. The summed E-state index contributed by atoms with van der Waals surface area (Å²) in [4.78, 5) is 50.6. The molecule has 0 fully saturated rings. The first-order valence-corrected chi connectivity index (χ1v) is 16.1. The smallest absolute Gasteiger partial charge is 0.870 e. The molecule has 0 saturated heterocycles. The number of nitrogens with zero attached hydrogens (tertiary/aromatic N) is 8. The molecule has 0 aliphatic rings. The number of para-hydroxylation sites is 4. The molecule has 6 rings (SSSR count). The van der Waals surface area contributed by atoms with E-state index in [1.165, 1.54) is 14.2 Å². The Balaban J connectivity index is -0.000000824. The van der Waals surface area contributed by atoms with Crippen LogP contribution in [0.1, 0.15) is 22.5 Å². The molecule has 3 N–H and O–H groups in total. The summed E-state index contributed by atoms with van der Waals surface area (Å²) in [6.07, 6.45) is 3.37. The maximum atomic E-state index is 12.0. The van der Waals surface area contributed by atoms with Crippen LogP contribution in [-0.2, 0) is 18.6 Å². The van der Waals surface area contributed by atoms with Gasteiger partial charge in [-0.1, -0.05) is 84.3 Å². The zero-order chi connectivity index (χ0) is 45.0. The SMILES string of the molecule is COc1cccc(CN=Cc2ccc3ccccc3n2)c1[O-].COc1cccc(CN=Cc2ccc3ccccc3n2)c1[O-].O=[N+]([O-])[O-].O=[N+]([O-])[O-].O=[N+]([O-])[O-].O=[N+]([O-])[O-].[Eu+3].[Eu+3].[OH3+]. The summed E-state index contributed by atoms with van der Waals surface area (Å²) in [5.41, 5.74) is 4.62. The van der Waals surface area contributed by atoms with Gasteiger partial charge in [-0.2, -0.15) is 0 Å². The summed E-state index contributed by atoms with van der Waals surface area (Å²) in [7, 11) is 2.98. The molecule has 0 saturated carbocycles. The van der Waals surface area contributed by atoms with Crippen molar-refractivity contribution in [3.8, 4) is 23.0 Å². The summed E-state index contributed by atoms with van der Waals surface area (Å²) in [6, 6.07) is 34.1. The molecule has 0 unspecified atom stereocenters. The Kier molecular flexibility index (Phi) is 33.9. The minimum atomic E-state index is -1.75. The summed E-state index contributed by atoms with van der Waals surface area (Å²) in [5, 5.41) is 85.2. The number of fused-ring (bicyclic) bond motifs is 2. The van der Waals surface area contributed by atoms with Crippen molar-refractivity contribution in [3.05, 3.63) is 193 Å². The van der Waals surface area contributed by atoms with Crippen LogP contribution in [0.2, 0.25) is 0 Å². The van der Waals surface area contributed by atoms with Crippen molar-refractivity contribution in [2.24, 2.45) is 9.98 Å². The summed E-state index contributed by atoms with van der Waals surface area (Å²) in [5.74, 6) is 0.454. The molecule has 2 aromatic heterocycles. The van der Waals surface area contributed by atoms with Crippen molar-refractivity contribution >= 4 is 34.2 Å². The van der Waals surface area contributed by atoms with Crippen molar-refractivity contribution < 1.29 is 144 Å². The third kappa shape index (κ3) is 27.0. The number of pyridine rings is 2. The molecule has 2 heterocycles. The first-order valence-electron chi connectivity index (χ1n) is 16.1. The monoisotopic (exact) mass is 1160 g/mol. The second-order valence-corrected chi connectivity index (χ2v) is 10.6. The zero-order valence-corrected chi connectivity index (χ0v) is 37.3. The molecule has 0 aliphatic heterocycles. The van der Waals surface area contributed by atoms with Gasteiger partial charge in [-0.05, 0) is 47.5 Å². The van der Waals surface area contributed by atoms with E-state index in [1.807, 2.05) is 72.8 Å². The van der Waals surface area contributed by atoms with E-state index in [9.17, 15) is 10.2 Å². The van der Waals surface area contributed by atoms with Crippen LogP contribution < -0.4 is 19.7 Å². The van der Waals surface area contributed by atoms with Gasteiger partial charge in [0.25, 0.3) is 0 Å². The largest absolute Gasteiger partial charge is 3.00 e. The van der Waals surface area contributed by atoms with Crippen LogP contribution in [0, 0.1) is 160 Å². The summed E-state index contributed by atoms with van der Waals surface area (Å²) in [6.45, 7) is 0.620. The second-order valence-electron chi connectivity index (χ2n) is 10.6. The molecule has 0 bridgehead atoms. The Labute approximate surface area is 436 Å². The molecule has 25 nitrogen and oxygen atoms in total. The summed E-state index contributed by atoms with van der Waals surface area (Å²) < 4.78 is 10.0. The van der Waals surface area contributed by atoms with Crippen LogP contribution in [0.3, 0.4) is 0 Å². The van der Waals surface area contributed by atoms with Gasteiger partial charge in [-0.15, -0.1) is 0 Å². The van der Waals surface area contributed by atoms with Gasteiger partial charge in [-0.25, -0.2) is 9.97 Å². The van der Waals surface area contributed by atoms with E-state index in [4.69, 9.17) is 70.8 Å². The molecule has 63 heavy (non-hydrogen) atoms. The quantitative estimate of drug-likeness (QED) is 0.0899. The standard InChI is InChI=1S/2C18H16N2O2.2Eu.4NO3.H2O/c2*1-22-17-8-4-6-14(18(17)21)11-19-12-15-10-9-13-5-2-3-7-16(13)20-15;;;4*2-1(3)4;/h2*2-10,12,21H,11H2,1H3;;;;;;;1H2/q;;2*+3;4*-1;/p-1. The topological polar surface area (TPSA) is 413 Å². The van der Waals surface area contributed by atoms with E-state index >= 15 is 0 Å². The fraction of sp³-hybridized carbons (Fsp3) is 0.111. The molecule has 332 valence electrons. The molecule has 0 spiro atoms. The van der Waals surface area contributed by atoms with Gasteiger partial charge in [0, 0.05) is 23.2 Å². The van der Waals surface area contributed by atoms with Crippen molar-refractivity contribution in [2.45, 2.75) is 13.1 Å². The van der Waals surface area contributed by atoms with E-state index in [-0.39, 0.29) is 116 Å². The number of benzene rings is 4. The molecule has 6 aromatic rings. The number of rotatable bonds is 8. The van der Waals surface area contributed by atoms with Crippen LogP contribution in [0.25, 0.3) is 21.8 Å². The van der Waals surface area contributed by atoms with Crippen molar-refractivity contribution in [1.82, 2.24) is 9.97 Å². The molecular formula is C36H33Eu2N8O17+. The van der Waals surface area contributed by atoms with Crippen LogP contribution >= 0.6 is 0 Å². The second kappa shape index (κ2) is 34.7. The van der Waals surface area contributed by atoms with Gasteiger partial charge < -0.3 is 86.4 Å². The van der Waals surface area contributed by atoms with Gasteiger partial charge in [0.1, 0.15) is 11.5 Å². The molecule has 0 atom stereocenters. The van der Waals surface area contributed by atoms with Gasteiger partial charge >= 0.3 is 98.8 Å². The number of hydrogen-bond acceptors (Lipinski definition) is 20. The van der Waals surface area contributed by atoms with Crippen molar-refractivity contribution in [2.75, 3.05) is 14.2 Å². The number of hydrogen-bond donors (Lipinski definition) is 0. The van der Waals surface area contributed by atoms with Crippen LogP contribution in [0.4, 0.5) is 0 Å². The predicted octanol–water partition coefficient (Wildman–Crippen LogP) is 3.99. The van der Waals surface area contributed by atoms with E-state index in [2.05, 4.69) is 20.0 Å². The van der Waals surface area contributed by atoms with Gasteiger partial charge in [0.05, 0.1) is 70.1 Å². The number of methoxy groups -OCH3 is 2. The fourth-order valence-corrected chi connectivity index (χ4v) is 4.48.